The van der Waals surface area contributed by atoms with Crippen LogP contribution < -0.4 is 10.9 Å². The molecule has 0 aliphatic heterocycles. The standard InChI is InChI=1S/C25H25ClN4O3/c1-3-21(31)23-22(16-8-6-5-7-9-16)20-14-17(26)10-11-19(20)24(32)29(23)15-18-12-13-28-30(18)25(33)27-4-2/h5-14,21,31H,3-4,15H2,1-2H3,(H,27,33). The lowest BCUT2D eigenvalue weighted by molar-refractivity contribution is 0.164. The van der Waals surface area contributed by atoms with Crippen molar-refractivity contribution in [3.05, 3.63) is 87.6 Å². The van der Waals surface area contributed by atoms with Gasteiger partial charge in [0.25, 0.3) is 5.56 Å². The molecule has 1 unspecified atom stereocenters. The number of carbonyl (C=O) groups is 1. The van der Waals surface area contributed by atoms with Gasteiger partial charge in [-0.25, -0.2) is 4.79 Å². The van der Waals surface area contributed by atoms with E-state index in [9.17, 15) is 14.7 Å². The van der Waals surface area contributed by atoms with Gasteiger partial charge < -0.3 is 15.0 Å². The Morgan fingerprint density at radius 2 is 1.88 bits per heavy atom. The van der Waals surface area contributed by atoms with Crippen molar-refractivity contribution in [1.82, 2.24) is 19.7 Å². The number of aromatic nitrogens is 3. The maximum atomic E-state index is 13.7. The molecule has 0 spiro atoms. The molecule has 0 aliphatic rings. The summed E-state index contributed by atoms with van der Waals surface area (Å²) in [6.07, 6.45) is 1.02. The number of benzene rings is 2. The van der Waals surface area contributed by atoms with Gasteiger partial charge in [0.15, 0.2) is 0 Å². The quantitative estimate of drug-likeness (QED) is 0.437. The zero-order chi connectivity index (χ0) is 23.5. The Kier molecular flexibility index (Phi) is 6.62. The highest BCUT2D eigenvalue weighted by atomic mass is 35.5. The Bertz CT molecular complexity index is 1360. The SMILES string of the molecule is CCNC(=O)n1nccc1Cn1c(C(O)CC)c(-c2ccccc2)c2cc(Cl)ccc2c1=O. The third-order valence-corrected chi connectivity index (χ3v) is 5.83. The number of nitrogens with one attached hydrogen (secondary N) is 1. The van der Waals surface area contributed by atoms with Crippen molar-refractivity contribution in [3.63, 3.8) is 0 Å². The lowest BCUT2D eigenvalue weighted by Gasteiger charge is -2.23. The first-order chi connectivity index (χ1) is 16.0. The van der Waals surface area contributed by atoms with E-state index in [0.717, 1.165) is 11.1 Å². The maximum Gasteiger partial charge on any atom is 0.342 e. The first-order valence-corrected chi connectivity index (χ1v) is 11.2. The number of halogens is 1. The number of pyridine rings is 1. The van der Waals surface area contributed by atoms with Gasteiger partial charge in [0.2, 0.25) is 0 Å². The van der Waals surface area contributed by atoms with Crippen LogP contribution in [0.4, 0.5) is 4.79 Å². The summed E-state index contributed by atoms with van der Waals surface area (Å²) >= 11 is 6.31. The van der Waals surface area contributed by atoms with Crippen LogP contribution in [-0.2, 0) is 6.54 Å². The molecular formula is C25H25ClN4O3. The highest BCUT2D eigenvalue weighted by Crippen LogP contribution is 2.36. The van der Waals surface area contributed by atoms with E-state index in [0.29, 0.717) is 40.1 Å². The third kappa shape index (κ3) is 4.29. The number of nitrogens with zero attached hydrogens (tertiary/aromatic N) is 3. The molecule has 33 heavy (non-hydrogen) atoms. The van der Waals surface area contributed by atoms with Crippen LogP contribution in [0.2, 0.25) is 5.02 Å². The average molecular weight is 465 g/mol. The highest BCUT2D eigenvalue weighted by molar-refractivity contribution is 6.31. The first-order valence-electron chi connectivity index (χ1n) is 10.9. The number of hydrogen-bond donors (Lipinski definition) is 2. The van der Waals surface area contributed by atoms with Crippen molar-refractivity contribution < 1.29 is 9.90 Å². The topological polar surface area (TPSA) is 89.2 Å². The van der Waals surface area contributed by atoms with Crippen LogP contribution >= 0.6 is 11.6 Å². The van der Waals surface area contributed by atoms with Crippen molar-refractivity contribution in [1.29, 1.82) is 0 Å². The Hall–Kier alpha value is -3.42. The van der Waals surface area contributed by atoms with Gasteiger partial charge in [-0.2, -0.15) is 9.78 Å². The second-order valence-corrected chi connectivity index (χ2v) is 8.14. The van der Waals surface area contributed by atoms with E-state index in [4.69, 9.17) is 11.6 Å². The number of fused-ring (bicyclic) bond motifs is 1. The van der Waals surface area contributed by atoms with E-state index in [1.54, 1.807) is 28.8 Å². The molecule has 0 bridgehead atoms. The van der Waals surface area contributed by atoms with Gasteiger partial charge in [0.1, 0.15) is 0 Å². The lowest BCUT2D eigenvalue weighted by atomic mass is 9.93. The van der Waals surface area contributed by atoms with Gasteiger partial charge in [-0.15, -0.1) is 0 Å². The Morgan fingerprint density at radius 3 is 2.58 bits per heavy atom. The monoisotopic (exact) mass is 464 g/mol. The molecule has 2 N–H and O–H groups in total. The zero-order valence-electron chi connectivity index (χ0n) is 18.5. The van der Waals surface area contributed by atoms with E-state index in [-0.39, 0.29) is 18.1 Å². The minimum absolute atomic E-state index is 0.0702. The van der Waals surface area contributed by atoms with Crippen LogP contribution in [0.5, 0.6) is 0 Å². The van der Waals surface area contributed by atoms with Crippen LogP contribution in [0.25, 0.3) is 21.9 Å². The van der Waals surface area contributed by atoms with Crippen LogP contribution in [0.15, 0.2) is 65.6 Å². The van der Waals surface area contributed by atoms with Gasteiger partial charge in [-0.1, -0.05) is 48.9 Å². The molecule has 0 saturated heterocycles. The molecule has 7 nitrogen and oxygen atoms in total. The summed E-state index contributed by atoms with van der Waals surface area (Å²) in [4.78, 5) is 26.1. The van der Waals surface area contributed by atoms with Gasteiger partial charge >= 0.3 is 6.03 Å². The smallest absolute Gasteiger partial charge is 0.342 e. The minimum Gasteiger partial charge on any atom is -0.387 e. The molecule has 2 heterocycles. The normalized spacial score (nSPS) is 12.1. The number of carbonyl (C=O) groups excluding carboxylic acids is 1. The predicted molar refractivity (Wildman–Crippen MR) is 130 cm³/mol. The summed E-state index contributed by atoms with van der Waals surface area (Å²) in [5, 5.41) is 19.6. The van der Waals surface area contributed by atoms with E-state index < -0.39 is 6.10 Å². The molecular weight excluding hydrogens is 440 g/mol. The van der Waals surface area contributed by atoms with Crippen LogP contribution in [0, 0.1) is 0 Å². The number of hydrogen-bond acceptors (Lipinski definition) is 4. The number of aliphatic hydroxyl groups excluding tert-OH is 1. The number of aliphatic hydroxyl groups is 1. The summed E-state index contributed by atoms with van der Waals surface area (Å²) in [5.74, 6) is 0. The maximum absolute atomic E-state index is 13.7. The van der Waals surface area contributed by atoms with E-state index >= 15 is 0 Å². The Labute approximate surface area is 196 Å². The molecule has 0 radical (unpaired) electrons. The van der Waals surface area contributed by atoms with Crippen LogP contribution in [-0.4, -0.2) is 32.0 Å². The zero-order valence-corrected chi connectivity index (χ0v) is 19.2. The van der Waals surface area contributed by atoms with Crippen molar-refractivity contribution in [2.24, 2.45) is 0 Å². The molecule has 170 valence electrons. The Balaban J connectivity index is 2.04. The molecule has 1 amide bonds. The van der Waals surface area contributed by atoms with Crippen molar-refractivity contribution >= 4 is 28.4 Å². The lowest BCUT2D eigenvalue weighted by Crippen LogP contribution is -2.33. The van der Waals surface area contributed by atoms with Gasteiger partial charge in [0.05, 0.1) is 24.0 Å². The van der Waals surface area contributed by atoms with Gasteiger partial charge in [-0.05, 0) is 48.6 Å². The molecule has 8 heteroatoms. The molecule has 0 saturated carbocycles. The second kappa shape index (κ2) is 9.60. The highest BCUT2D eigenvalue weighted by Gasteiger charge is 2.24. The molecule has 4 aromatic rings. The predicted octanol–water partition coefficient (Wildman–Crippen LogP) is 4.59. The fraction of sp³-hybridized carbons (Fsp3) is 0.240. The van der Waals surface area contributed by atoms with Crippen molar-refractivity contribution in [2.75, 3.05) is 6.54 Å². The molecule has 4 rings (SSSR count). The second-order valence-electron chi connectivity index (χ2n) is 7.70. The molecule has 0 aliphatic carbocycles. The van der Waals surface area contributed by atoms with Gasteiger partial charge in [-0.3, -0.25) is 4.79 Å². The largest absolute Gasteiger partial charge is 0.387 e. The summed E-state index contributed by atoms with van der Waals surface area (Å²) in [6, 6.07) is 16.1. The first kappa shape index (κ1) is 22.8. The van der Waals surface area contributed by atoms with E-state index in [1.807, 2.05) is 44.2 Å². The van der Waals surface area contributed by atoms with E-state index in [2.05, 4.69) is 10.4 Å². The summed E-state index contributed by atoms with van der Waals surface area (Å²) < 4.78 is 2.78. The van der Waals surface area contributed by atoms with E-state index in [1.165, 1.54) is 10.9 Å². The minimum atomic E-state index is -0.905. The number of amides is 1. The fourth-order valence-electron chi connectivity index (χ4n) is 4.06. The molecule has 1 atom stereocenters. The fourth-order valence-corrected chi connectivity index (χ4v) is 4.24. The van der Waals surface area contributed by atoms with Crippen LogP contribution in [0.1, 0.15) is 37.8 Å². The summed E-state index contributed by atoms with van der Waals surface area (Å²) in [6.45, 7) is 4.20. The average Bonchev–Trinajstić information content (AvgIpc) is 3.29. The van der Waals surface area contributed by atoms with Gasteiger partial charge in [0, 0.05) is 28.7 Å². The third-order valence-electron chi connectivity index (χ3n) is 5.60. The molecule has 2 aromatic heterocycles. The van der Waals surface area contributed by atoms with Crippen molar-refractivity contribution in [3.8, 4) is 11.1 Å². The van der Waals surface area contributed by atoms with Crippen molar-refractivity contribution in [2.45, 2.75) is 32.9 Å². The Morgan fingerprint density at radius 1 is 1.12 bits per heavy atom. The summed E-state index contributed by atoms with van der Waals surface area (Å²) in [5.41, 5.74) is 2.34. The van der Waals surface area contributed by atoms with Crippen LogP contribution in [0.3, 0.4) is 0 Å². The molecule has 2 aromatic carbocycles. The summed E-state index contributed by atoms with van der Waals surface area (Å²) in [7, 11) is 0. The number of rotatable bonds is 6. The molecule has 0 fully saturated rings.